The first kappa shape index (κ1) is 13.2. The van der Waals surface area contributed by atoms with Gasteiger partial charge in [-0.3, -0.25) is 9.79 Å². The number of benzodiazepines with no additional fused rings is 1. The maximum atomic E-state index is 11.9. The molecule has 1 aliphatic rings. The largest absolute Gasteiger partial charge is 0.322 e. The van der Waals surface area contributed by atoms with Gasteiger partial charge in [0, 0.05) is 16.1 Å². The van der Waals surface area contributed by atoms with E-state index < -0.39 is 5.50 Å². The number of carbonyl (C=O) groups excluding carboxylic acids is 1. The summed E-state index contributed by atoms with van der Waals surface area (Å²) in [6.45, 7) is 0. The van der Waals surface area contributed by atoms with Crippen LogP contribution in [0.4, 0.5) is 5.69 Å². The summed E-state index contributed by atoms with van der Waals surface area (Å²) in [6.07, 6.45) is 0. The average molecular weight is 305 g/mol. The molecule has 3 rings (SSSR count). The number of amides is 1. The van der Waals surface area contributed by atoms with E-state index in [-0.39, 0.29) is 5.91 Å². The van der Waals surface area contributed by atoms with Gasteiger partial charge in [-0.15, -0.1) is 0 Å². The molecule has 1 unspecified atom stereocenters. The van der Waals surface area contributed by atoms with Gasteiger partial charge in [-0.25, -0.2) is 0 Å². The number of carbonyl (C=O) groups is 1. The Morgan fingerprint density at radius 3 is 2.60 bits per heavy atom. The van der Waals surface area contributed by atoms with Crippen molar-refractivity contribution in [3.8, 4) is 0 Å². The highest BCUT2D eigenvalue weighted by Crippen LogP contribution is 2.27. The Morgan fingerprint density at radius 1 is 1.10 bits per heavy atom. The topological polar surface area (TPSA) is 41.5 Å². The van der Waals surface area contributed by atoms with Crippen molar-refractivity contribution >= 4 is 40.5 Å². The first-order chi connectivity index (χ1) is 9.65. The molecule has 5 heteroatoms. The van der Waals surface area contributed by atoms with E-state index in [0.717, 1.165) is 11.1 Å². The zero-order chi connectivity index (χ0) is 14.1. The second-order valence-electron chi connectivity index (χ2n) is 4.36. The highest BCUT2D eigenvalue weighted by Gasteiger charge is 2.24. The number of aliphatic imine (C=N–C) groups is 1. The van der Waals surface area contributed by atoms with Gasteiger partial charge in [-0.2, -0.15) is 0 Å². The lowest BCUT2D eigenvalue weighted by Gasteiger charge is -2.10. The third-order valence-corrected chi connectivity index (χ3v) is 3.53. The SMILES string of the molecule is O=C1Nc2ccc(Cl)cc2C(c2ccccc2)=NC1Cl. The van der Waals surface area contributed by atoms with Gasteiger partial charge in [0.1, 0.15) is 0 Å². The fraction of sp³-hybridized carbons (Fsp3) is 0.0667. The molecule has 2 aromatic rings. The fourth-order valence-electron chi connectivity index (χ4n) is 2.08. The Balaban J connectivity index is 2.23. The molecule has 20 heavy (non-hydrogen) atoms. The predicted molar refractivity (Wildman–Crippen MR) is 81.8 cm³/mol. The van der Waals surface area contributed by atoms with Gasteiger partial charge >= 0.3 is 0 Å². The molecule has 1 N–H and O–H groups in total. The van der Waals surface area contributed by atoms with Crippen LogP contribution in [-0.4, -0.2) is 17.1 Å². The van der Waals surface area contributed by atoms with Crippen molar-refractivity contribution in [2.75, 3.05) is 5.32 Å². The molecule has 0 saturated heterocycles. The van der Waals surface area contributed by atoms with Crippen LogP contribution >= 0.6 is 23.2 Å². The van der Waals surface area contributed by atoms with Gasteiger partial charge in [0.15, 0.2) is 0 Å². The number of alkyl halides is 1. The Kier molecular flexibility index (Phi) is 3.47. The molecule has 0 spiro atoms. The summed E-state index contributed by atoms with van der Waals surface area (Å²) in [6, 6.07) is 14.8. The average Bonchev–Trinajstić information content (AvgIpc) is 2.58. The summed E-state index contributed by atoms with van der Waals surface area (Å²) in [5.74, 6) is -0.346. The molecular formula is C15H10Cl2N2O. The van der Waals surface area contributed by atoms with Crippen molar-refractivity contribution in [2.24, 2.45) is 4.99 Å². The normalized spacial score (nSPS) is 17.8. The number of halogens is 2. The smallest absolute Gasteiger partial charge is 0.264 e. The van der Waals surface area contributed by atoms with Crippen molar-refractivity contribution in [2.45, 2.75) is 5.50 Å². The maximum Gasteiger partial charge on any atom is 0.264 e. The van der Waals surface area contributed by atoms with Crippen LogP contribution < -0.4 is 5.32 Å². The first-order valence-corrected chi connectivity index (χ1v) is 6.84. The summed E-state index contributed by atoms with van der Waals surface area (Å²) in [5, 5.41) is 3.33. The molecule has 0 aromatic heterocycles. The summed E-state index contributed by atoms with van der Waals surface area (Å²) < 4.78 is 0. The van der Waals surface area contributed by atoms with E-state index in [4.69, 9.17) is 23.2 Å². The molecular weight excluding hydrogens is 295 g/mol. The van der Waals surface area contributed by atoms with E-state index in [1.165, 1.54) is 0 Å². The van der Waals surface area contributed by atoms with E-state index >= 15 is 0 Å². The van der Waals surface area contributed by atoms with Crippen molar-refractivity contribution in [3.05, 3.63) is 64.7 Å². The van der Waals surface area contributed by atoms with Crippen LogP contribution in [0.15, 0.2) is 53.5 Å². The standard InChI is InChI=1S/C15H10Cl2N2O/c16-10-6-7-12-11(8-10)13(9-4-2-1-3-5-9)19-14(17)15(20)18-12/h1-8,14H,(H,18,20). The Hall–Kier alpha value is -1.84. The van der Waals surface area contributed by atoms with E-state index in [1.54, 1.807) is 18.2 Å². The lowest BCUT2D eigenvalue weighted by atomic mass is 10.0. The number of nitrogens with one attached hydrogen (secondary N) is 1. The van der Waals surface area contributed by atoms with Gasteiger partial charge in [0.05, 0.1) is 11.4 Å². The molecule has 100 valence electrons. The van der Waals surface area contributed by atoms with Crippen LogP contribution in [0.3, 0.4) is 0 Å². The number of nitrogens with zero attached hydrogens (tertiary/aromatic N) is 1. The minimum absolute atomic E-state index is 0.346. The molecule has 0 fully saturated rings. The zero-order valence-electron chi connectivity index (χ0n) is 10.3. The summed E-state index contributed by atoms with van der Waals surface area (Å²) in [5.41, 5.74) is 2.00. The van der Waals surface area contributed by atoms with Crippen LogP contribution in [0.25, 0.3) is 0 Å². The third-order valence-electron chi connectivity index (χ3n) is 3.00. The number of hydrogen-bond acceptors (Lipinski definition) is 2. The van der Waals surface area contributed by atoms with Crippen LogP contribution in [0, 0.1) is 0 Å². The third kappa shape index (κ3) is 2.42. The van der Waals surface area contributed by atoms with Crippen LogP contribution in [0.1, 0.15) is 11.1 Å². The predicted octanol–water partition coefficient (Wildman–Crippen LogP) is 3.69. The number of fused-ring (bicyclic) bond motifs is 1. The number of anilines is 1. The van der Waals surface area contributed by atoms with Crippen molar-refractivity contribution in [1.29, 1.82) is 0 Å². The highest BCUT2D eigenvalue weighted by molar-refractivity contribution is 6.36. The monoisotopic (exact) mass is 304 g/mol. The number of benzene rings is 2. The molecule has 1 heterocycles. The molecule has 0 aliphatic carbocycles. The van der Waals surface area contributed by atoms with Crippen molar-refractivity contribution in [3.63, 3.8) is 0 Å². The highest BCUT2D eigenvalue weighted by atomic mass is 35.5. The molecule has 1 amide bonds. The second-order valence-corrected chi connectivity index (χ2v) is 5.21. The van der Waals surface area contributed by atoms with E-state index in [0.29, 0.717) is 16.4 Å². The van der Waals surface area contributed by atoms with Crippen LogP contribution in [-0.2, 0) is 4.79 Å². The van der Waals surface area contributed by atoms with Gasteiger partial charge in [-0.1, -0.05) is 53.5 Å². The van der Waals surface area contributed by atoms with Crippen molar-refractivity contribution < 1.29 is 4.79 Å². The summed E-state index contributed by atoms with van der Waals surface area (Å²) >= 11 is 12.1. The molecule has 0 radical (unpaired) electrons. The van der Waals surface area contributed by atoms with Crippen LogP contribution in [0.5, 0.6) is 0 Å². The Bertz CT molecular complexity index is 698. The van der Waals surface area contributed by atoms with E-state index in [1.807, 2.05) is 30.3 Å². The number of rotatable bonds is 1. The van der Waals surface area contributed by atoms with Gasteiger partial charge in [0.25, 0.3) is 5.91 Å². The molecule has 0 bridgehead atoms. The number of hydrogen-bond donors (Lipinski definition) is 1. The molecule has 1 aliphatic heterocycles. The molecule has 1 atom stereocenters. The molecule has 0 saturated carbocycles. The Labute approximate surface area is 126 Å². The zero-order valence-corrected chi connectivity index (χ0v) is 11.8. The second kappa shape index (κ2) is 5.27. The van der Waals surface area contributed by atoms with Gasteiger partial charge < -0.3 is 5.32 Å². The van der Waals surface area contributed by atoms with Gasteiger partial charge in [-0.05, 0) is 18.2 Å². The lowest BCUT2D eigenvalue weighted by molar-refractivity contribution is -0.115. The summed E-state index contributed by atoms with van der Waals surface area (Å²) in [4.78, 5) is 16.2. The first-order valence-electron chi connectivity index (χ1n) is 6.03. The lowest BCUT2D eigenvalue weighted by Crippen LogP contribution is -2.20. The summed E-state index contributed by atoms with van der Waals surface area (Å²) in [7, 11) is 0. The van der Waals surface area contributed by atoms with Crippen molar-refractivity contribution in [1.82, 2.24) is 0 Å². The minimum atomic E-state index is -0.962. The van der Waals surface area contributed by atoms with Gasteiger partial charge in [0.2, 0.25) is 5.50 Å². The van der Waals surface area contributed by atoms with Crippen LogP contribution in [0.2, 0.25) is 5.02 Å². The minimum Gasteiger partial charge on any atom is -0.322 e. The molecule has 2 aromatic carbocycles. The Morgan fingerprint density at radius 2 is 1.85 bits per heavy atom. The quantitative estimate of drug-likeness (QED) is 0.633. The van der Waals surface area contributed by atoms with E-state index in [2.05, 4.69) is 10.3 Å². The molecule has 3 nitrogen and oxygen atoms in total. The maximum absolute atomic E-state index is 11.9. The fourth-order valence-corrected chi connectivity index (χ4v) is 2.41. The van der Waals surface area contributed by atoms with E-state index in [9.17, 15) is 4.79 Å².